The summed E-state index contributed by atoms with van der Waals surface area (Å²) in [4.78, 5) is 0. The van der Waals surface area contributed by atoms with E-state index in [4.69, 9.17) is 18.9 Å². The second-order valence-corrected chi connectivity index (χ2v) is 6.23. The maximum Gasteiger partial charge on any atom is 0.226 e. The molecule has 0 aromatic rings. The minimum Gasteiger partial charge on any atom is -0.361 e. The Morgan fingerprint density at radius 1 is 0.450 bits per heavy atom. The predicted octanol–water partition coefficient (Wildman–Crippen LogP) is -0.654. The van der Waals surface area contributed by atoms with Crippen LogP contribution in [0.2, 0.25) is 0 Å². The number of ether oxygens (including phenoxy) is 4. The third kappa shape index (κ3) is 1.92. The summed E-state index contributed by atoms with van der Waals surface area (Å²) in [5.74, 6) is -11.7. The zero-order valence-electron chi connectivity index (χ0n) is 12.4. The fourth-order valence-electron chi connectivity index (χ4n) is 2.31. The Kier molecular flexibility index (Phi) is 2.98. The Morgan fingerprint density at radius 3 is 0.750 bits per heavy atom. The quantitative estimate of drug-likeness (QED) is 0.504. The van der Waals surface area contributed by atoms with Crippen molar-refractivity contribution < 1.29 is 39.4 Å². The van der Waals surface area contributed by atoms with Crippen LogP contribution in [-0.2, 0) is 18.9 Å². The predicted molar refractivity (Wildman–Crippen MR) is 63.6 cm³/mol. The Hall–Kier alpha value is -0.320. The standard InChI is InChI=1S/C12H22O8/c1-7(13)8(2,14)18-11(5,17-7)12(6)19-9(3,15)10(4,16)20-12/h13-16H,1-6H3/t7-,8+,9-,10+,11?,12?. The Labute approximate surface area is 116 Å². The van der Waals surface area contributed by atoms with Crippen LogP contribution in [0, 0.1) is 0 Å². The molecule has 0 radical (unpaired) electrons. The van der Waals surface area contributed by atoms with Gasteiger partial charge in [0.1, 0.15) is 0 Å². The lowest BCUT2D eigenvalue weighted by Gasteiger charge is -2.37. The van der Waals surface area contributed by atoms with Crippen molar-refractivity contribution in [2.75, 3.05) is 0 Å². The van der Waals surface area contributed by atoms with E-state index in [1.165, 1.54) is 41.5 Å². The highest BCUT2D eigenvalue weighted by Crippen LogP contribution is 2.53. The number of hydrogen-bond donors (Lipinski definition) is 4. The fraction of sp³-hybridized carbons (Fsp3) is 1.00. The summed E-state index contributed by atoms with van der Waals surface area (Å²) >= 11 is 0. The van der Waals surface area contributed by atoms with Gasteiger partial charge in [0.2, 0.25) is 34.7 Å². The third-order valence-electron chi connectivity index (χ3n) is 4.12. The van der Waals surface area contributed by atoms with Crippen molar-refractivity contribution in [3.05, 3.63) is 0 Å². The van der Waals surface area contributed by atoms with Gasteiger partial charge < -0.3 is 39.4 Å². The van der Waals surface area contributed by atoms with E-state index < -0.39 is 34.7 Å². The molecule has 0 aliphatic carbocycles. The van der Waals surface area contributed by atoms with Gasteiger partial charge in [-0.2, -0.15) is 0 Å². The van der Waals surface area contributed by atoms with Gasteiger partial charge in [-0.25, -0.2) is 0 Å². The third-order valence-corrected chi connectivity index (χ3v) is 4.12. The normalized spacial score (nSPS) is 63.9. The second kappa shape index (κ2) is 3.71. The SMILES string of the molecule is CC1(C2(C)O[C@](C)(O)[C@](C)(O)O2)O[C@](C)(O)[C@](C)(O)O1. The number of aliphatic hydroxyl groups is 4. The van der Waals surface area contributed by atoms with Crippen molar-refractivity contribution in [1.29, 1.82) is 0 Å². The van der Waals surface area contributed by atoms with Crippen LogP contribution < -0.4 is 0 Å². The summed E-state index contributed by atoms with van der Waals surface area (Å²) in [5, 5.41) is 40.2. The van der Waals surface area contributed by atoms with Gasteiger partial charge >= 0.3 is 0 Å². The van der Waals surface area contributed by atoms with Gasteiger partial charge in [0.25, 0.3) is 0 Å². The van der Waals surface area contributed by atoms with E-state index in [1.54, 1.807) is 0 Å². The molecule has 118 valence electrons. The van der Waals surface area contributed by atoms with Gasteiger partial charge in [-0.1, -0.05) is 0 Å². The summed E-state index contributed by atoms with van der Waals surface area (Å²) in [6, 6.07) is 0. The van der Waals surface area contributed by atoms with Crippen molar-refractivity contribution in [3.63, 3.8) is 0 Å². The molecule has 4 N–H and O–H groups in total. The van der Waals surface area contributed by atoms with E-state index in [1.807, 2.05) is 0 Å². The highest BCUT2D eigenvalue weighted by atomic mass is 16.9. The van der Waals surface area contributed by atoms with Crippen molar-refractivity contribution in [2.45, 2.75) is 76.3 Å². The van der Waals surface area contributed by atoms with Gasteiger partial charge in [-0.05, 0) is 41.5 Å². The molecule has 0 aromatic heterocycles. The van der Waals surface area contributed by atoms with E-state index in [-0.39, 0.29) is 0 Å². The highest BCUT2D eigenvalue weighted by molar-refractivity contribution is 5.01. The van der Waals surface area contributed by atoms with Gasteiger partial charge in [0, 0.05) is 0 Å². The molecule has 0 spiro atoms. The molecule has 8 heteroatoms. The molecule has 0 aromatic carbocycles. The van der Waals surface area contributed by atoms with Crippen LogP contribution in [0.25, 0.3) is 0 Å². The van der Waals surface area contributed by atoms with Gasteiger partial charge in [-0.15, -0.1) is 0 Å². The molecule has 8 nitrogen and oxygen atoms in total. The Balaban J connectivity index is 2.39. The van der Waals surface area contributed by atoms with Gasteiger partial charge in [-0.3, -0.25) is 0 Å². The molecule has 2 fully saturated rings. The van der Waals surface area contributed by atoms with Crippen LogP contribution in [0.3, 0.4) is 0 Å². The average Bonchev–Trinajstić information content (AvgIpc) is 2.38. The van der Waals surface area contributed by atoms with Gasteiger partial charge in [0.05, 0.1) is 0 Å². The summed E-state index contributed by atoms with van der Waals surface area (Å²) in [6.07, 6.45) is 0. The van der Waals surface area contributed by atoms with Crippen LogP contribution in [0.15, 0.2) is 0 Å². The Bertz CT molecular complexity index is 353. The molecule has 0 bridgehead atoms. The molecule has 2 unspecified atom stereocenters. The molecule has 2 aliphatic rings. The van der Waals surface area contributed by atoms with Crippen LogP contribution >= 0.6 is 0 Å². The first kappa shape index (κ1) is 16.1. The van der Waals surface area contributed by atoms with Gasteiger partial charge in [0.15, 0.2) is 0 Å². The fourth-order valence-corrected chi connectivity index (χ4v) is 2.31. The molecular weight excluding hydrogens is 272 g/mol. The van der Waals surface area contributed by atoms with E-state index in [0.717, 1.165) is 0 Å². The topological polar surface area (TPSA) is 118 Å². The minimum absolute atomic E-state index is 1.22. The van der Waals surface area contributed by atoms with Crippen molar-refractivity contribution in [3.8, 4) is 0 Å². The van der Waals surface area contributed by atoms with Crippen LogP contribution in [0.5, 0.6) is 0 Å². The van der Waals surface area contributed by atoms with Crippen LogP contribution in [0.4, 0.5) is 0 Å². The second-order valence-electron chi connectivity index (χ2n) is 6.23. The molecule has 20 heavy (non-hydrogen) atoms. The maximum absolute atomic E-state index is 10.1. The van der Waals surface area contributed by atoms with Crippen molar-refractivity contribution in [2.24, 2.45) is 0 Å². The monoisotopic (exact) mass is 294 g/mol. The zero-order valence-corrected chi connectivity index (χ0v) is 12.4. The molecule has 6 atom stereocenters. The largest absolute Gasteiger partial charge is 0.361 e. The Morgan fingerprint density at radius 2 is 0.600 bits per heavy atom. The molecule has 2 saturated heterocycles. The molecule has 0 saturated carbocycles. The lowest BCUT2D eigenvalue weighted by molar-refractivity contribution is -0.384. The van der Waals surface area contributed by atoms with E-state index in [2.05, 4.69) is 0 Å². The number of rotatable bonds is 1. The first-order chi connectivity index (χ1) is 8.58. The first-order valence-corrected chi connectivity index (χ1v) is 6.28. The summed E-state index contributed by atoms with van der Waals surface area (Å²) < 4.78 is 21.3. The van der Waals surface area contributed by atoms with Crippen LogP contribution in [0.1, 0.15) is 41.5 Å². The molecule has 0 amide bonds. The maximum atomic E-state index is 10.1. The lowest BCUT2D eigenvalue weighted by atomic mass is 10.1. The lowest BCUT2D eigenvalue weighted by Crippen LogP contribution is -2.54. The smallest absolute Gasteiger partial charge is 0.226 e. The molecule has 2 aliphatic heterocycles. The van der Waals surface area contributed by atoms with E-state index in [9.17, 15) is 20.4 Å². The summed E-state index contributed by atoms with van der Waals surface area (Å²) in [6.45, 7) is 7.58. The zero-order chi connectivity index (χ0) is 15.8. The molecule has 2 heterocycles. The summed E-state index contributed by atoms with van der Waals surface area (Å²) in [7, 11) is 0. The molecular formula is C12H22O8. The first-order valence-electron chi connectivity index (χ1n) is 6.28. The minimum atomic E-state index is -2.03. The van der Waals surface area contributed by atoms with E-state index >= 15 is 0 Å². The van der Waals surface area contributed by atoms with Crippen molar-refractivity contribution in [1.82, 2.24) is 0 Å². The van der Waals surface area contributed by atoms with E-state index in [0.29, 0.717) is 0 Å². The van der Waals surface area contributed by atoms with Crippen LogP contribution in [-0.4, -0.2) is 55.1 Å². The average molecular weight is 294 g/mol. The summed E-state index contributed by atoms with van der Waals surface area (Å²) in [5.41, 5.74) is 0. The number of hydrogen-bond acceptors (Lipinski definition) is 8. The van der Waals surface area contributed by atoms with Crippen molar-refractivity contribution >= 4 is 0 Å². The molecule has 2 rings (SSSR count). The highest BCUT2D eigenvalue weighted by Gasteiger charge is 2.73.